The number of aliphatic carboxylic acids is 1. The predicted octanol–water partition coefficient (Wildman–Crippen LogP) is 2.56. The predicted molar refractivity (Wildman–Crippen MR) is 91.1 cm³/mol. The van der Waals surface area contributed by atoms with Crippen LogP contribution in [-0.2, 0) is 11.2 Å². The Bertz CT molecular complexity index is 639. The van der Waals surface area contributed by atoms with Gasteiger partial charge >= 0.3 is 18.2 Å². The molecular weight excluding hydrogens is 365 g/mol. The second-order valence-electron chi connectivity index (χ2n) is 6.66. The highest BCUT2D eigenvalue weighted by molar-refractivity contribution is 5.75. The first-order valence-electron chi connectivity index (χ1n) is 8.76. The van der Waals surface area contributed by atoms with Gasteiger partial charge in [0.2, 0.25) is 0 Å². The Kier molecular flexibility index (Phi) is 7.06. The molecule has 0 radical (unpaired) electrons. The van der Waals surface area contributed by atoms with Crippen molar-refractivity contribution in [1.82, 2.24) is 10.2 Å². The van der Waals surface area contributed by atoms with Crippen LogP contribution < -0.4 is 5.32 Å². The van der Waals surface area contributed by atoms with E-state index in [9.17, 15) is 27.9 Å². The fourth-order valence-corrected chi connectivity index (χ4v) is 3.27. The Hall–Kier alpha value is -2.29. The summed E-state index contributed by atoms with van der Waals surface area (Å²) in [5, 5.41) is 21.1. The number of aliphatic hydroxyl groups is 1. The van der Waals surface area contributed by atoms with Crippen molar-refractivity contribution >= 4 is 12.0 Å². The van der Waals surface area contributed by atoms with Crippen LogP contribution in [-0.4, -0.2) is 58.0 Å². The molecule has 9 heteroatoms. The van der Waals surface area contributed by atoms with Crippen LogP contribution in [0.2, 0.25) is 0 Å². The summed E-state index contributed by atoms with van der Waals surface area (Å²) in [7, 11) is 0. The normalized spacial score (nSPS) is 19.6. The summed E-state index contributed by atoms with van der Waals surface area (Å²) < 4.78 is 38.5. The molecule has 0 spiro atoms. The van der Waals surface area contributed by atoms with Crippen molar-refractivity contribution in [2.45, 2.75) is 56.5 Å². The van der Waals surface area contributed by atoms with E-state index in [2.05, 4.69) is 5.32 Å². The van der Waals surface area contributed by atoms with Crippen molar-refractivity contribution < 1.29 is 33.0 Å². The summed E-state index contributed by atoms with van der Waals surface area (Å²) in [6.45, 7) is 0.112. The molecule has 1 heterocycles. The molecule has 27 heavy (non-hydrogen) atoms. The SMILES string of the molecule is O=C(O)CCC(Cc1ccccc1)NC(=O)N1CCCC1C(O)C(F)(F)F. The number of alkyl halides is 3. The van der Waals surface area contributed by atoms with Crippen LogP contribution >= 0.6 is 0 Å². The number of hydrogen-bond donors (Lipinski definition) is 3. The number of amides is 2. The molecule has 0 aliphatic carbocycles. The summed E-state index contributed by atoms with van der Waals surface area (Å²) in [6.07, 6.45) is -6.64. The lowest BCUT2D eigenvalue weighted by Gasteiger charge is -2.31. The Labute approximate surface area is 155 Å². The van der Waals surface area contributed by atoms with Gasteiger partial charge in [0.1, 0.15) is 0 Å². The highest BCUT2D eigenvalue weighted by Crippen LogP contribution is 2.30. The summed E-state index contributed by atoms with van der Waals surface area (Å²) in [6, 6.07) is 6.50. The number of benzene rings is 1. The Balaban J connectivity index is 2.06. The van der Waals surface area contributed by atoms with Crippen LogP contribution in [0.25, 0.3) is 0 Å². The molecule has 6 nitrogen and oxygen atoms in total. The van der Waals surface area contributed by atoms with Gasteiger partial charge in [-0.15, -0.1) is 0 Å². The van der Waals surface area contributed by atoms with Gasteiger partial charge in [-0.25, -0.2) is 4.79 Å². The van der Waals surface area contributed by atoms with E-state index in [0.29, 0.717) is 12.8 Å². The Morgan fingerprint density at radius 3 is 2.52 bits per heavy atom. The summed E-state index contributed by atoms with van der Waals surface area (Å²) >= 11 is 0. The molecule has 2 rings (SSSR count). The third-order valence-corrected chi connectivity index (χ3v) is 4.62. The van der Waals surface area contributed by atoms with Gasteiger partial charge in [-0.05, 0) is 31.2 Å². The average Bonchev–Trinajstić information content (AvgIpc) is 3.08. The second-order valence-corrected chi connectivity index (χ2v) is 6.66. The minimum absolute atomic E-state index is 0.0621. The minimum atomic E-state index is -4.81. The number of carbonyl (C=O) groups excluding carboxylic acids is 1. The van der Waals surface area contributed by atoms with Gasteiger partial charge in [0.25, 0.3) is 0 Å². The van der Waals surface area contributed by atoms with Crippen molar-refractivity contribution in [3.63, 3.8) is 0 Å². The number of rotatable bonds is 7. The molecule has 1 aliphatic heterocycles. The highest BCUT2D eigenvalue weighted by Gasteiger charge is 2.48. The lowest BCUT2D eigenvalue weighted by molar-refractivity contribution is -0.216. The maximum absolute atomic E-state index is 12.8. The summed E-state index contributed by atoms with van der Waals surface area (Å²) in [5.41, 5.74) is 0.876. The molecule has 150 valence electrons. The molecule has 3 N–H and O–H groups in total. The summed E-state index contributed by atoms with van der Waals surface area (Å²) in [5.74, 6) is -1.02. The molecule has 1 aromatic rings. The maximum Gasteiger partial charge on any atom is 0.416 e. The van der Waals surface area contributed by atoms with E-state index in [1.165, 1.54) is 0 Å². The van der Waals surface area contributed by atoms with E-state index in [0.717, 1.165) is 10.5 Å². The largest absolute Gasteiger partial charge is 0.481 e. The fourth-order valence-electron chi connectivity index (χ4n) is 3.27. The quantitative estimate of drug-likeness (QED) is 0.670. The first-order chi connectivity index (χ1) is 12.7. The van der Waals surface area contributed by atoms with Crippen LogP contribution in [0.15, 0.2) is 30.3 Å². The number of hydrogen-bond acceptors (Lipinski definition) is 3. The standard InChI is InChI=1S/C18H23F3N2O4/c19-18(20,21)16(26)14-7-4-10-23(14)17(27)22-13(8-9-15(24)25)11-12-5-2-1-3-6-12/h1-3,5-6,13-14,16,26H,4,7-11H2,(H,22,27)(H,24,25). The van der Waals surface area contributed by atoms with Crippen LogP contribution in [0.1, 0.15) is 31.2 Å². The zero-order valence-electron chi connectivity index (χ0n) is 14.7. The van der Waals surface area contributed by atoms with Gasteiger partial charge in [-0.2, -0.15) is 13.2 Å². The smallest absolute Gasteiger partial charge is 0.416 e. The van der Waals surface area contributed by atoms with Crippen molar-refractivity contribution in [3.05, 3.63) is 35.9 Å². The third-order valence-electron chi connectivity index (χ3n) is 4.62. The van der Waals surface area contributed by atoms with E-state index in [1.807, 2.05) is 30.3 Å². The number of nitrogens with zero attached hydrogens (tertiary/aromatic N) is 1. The van der Waals surface area contributed by atoms with E-state index in [1.54, 1.807) is 0 Å². The van der Waals surface area contributed by atoms with Gasteiger partial charge in [0.15, 0.2) is 6.10 Å². The molecule has 0 saturated carbocycles. The molecule has 1 aliphatic rings. The molecule has 1 fully saturated rings. The molecule has 3 unspecified atom stereocenters. The molecule has 2 amide bonds. The van der Waals surface area contributed by atoms with Crippen LogP contribution in [0.4, 0.5) is 18.0 Å². The van der Waals surface area contributed by atoms with Crippen molar-refractivity contribution in [1.29, 1.82) is 0 Å². The monoisotopic (exact) mass is 388 g/mol. The summed E-state index contributed by atoms with van der Waals surface area (Å²) in [4.78, 5) is 24.4. The molecule has 0 bridgehead atoms. The van der Waals surface area contributed by atoms with Crippen molar-refractivity contribution in [3.8, 4) is 0 Å². The Morgan fingerprint density at radius 1 is 1.26 bits per heavy atom. The lowest BCUT2D eigenvalue weighted by Crippen LogP contribution is -2.53. The average molecular weight is 388 g/mol. The fraction of sp³-hybridized carbons (Fsp3) is 0.556. The molecule has 1 saturated heterocycles. The second kappa shape index (κ2) is 9.07. The first-order valence-corrected chi connectivity index (χ1v) is 8.76. The third kappa shape index (κ3) is 6.13. The van der Waals surface area contributed by atoms with Crippen LogP contribution in [0.5, 0.6) is 0 Å². The van der Waals surface area contributed by atoms with E-state index < -0.39 is 36.4 Å². The number of urea groups is 1. The number of likely N-dealkylation sites (tertiary alicyclic amines) is 1. The number of carboxylic acids is 1. The number of carbonyl (C=O) groups is 2. The van der Waals surface area contributed by atoms with Crippen molar-refractivity contribution in [2.75, 3.05) is 6.54 Å². The van der Waals surface area contributed by atoms with E-state index >= 15 is 0 Å². The topological polar surface area (TPSA) is 89.9 Å². The van der Waals surface area contributed by atoms with Crippen LogP contribution in [0.3, 0.4) is 0 Å². The van der Waals surface area contributed by atoms with Crippen LogP contribution in [0, 0.1) is 0 Å². The minimum Gasteiger partial charge on any atom is -0.481 e. The maximum atomic E-state index is 12.8. The highest BCUT2D eigenvalue weighted by atomic mass is 19.4. The number of aliphatic hydroxyl groups excluding tert-OH is 1. The van der Waals surface area contributed by atoms with Gasteiger partial charge in [0.05, 0.1) is 6.04 Å². The Morgan fingerprint density at radius 2 is 1.93 bits per heavy atom. The first kappa shape index (κ1) is 21.0. The molecular formula is C18H23F3N2O4. The number of halogens is 3. The van der Waals surface area contributed by atoms with Gasteiger partial charge < -0.3 is 20.4 Å². The number of nitrogens with one attached hydrogen (secondary N) is 1. The number of carboxylic acid groups (broad SMARTS) is 1. The molecule has 3 atom stereocenters. The zero-order valence-corrected chi connectivity index (χ0v) is 14.7. The van der Waals surface area contributed by atoms with Gasteiger partial charge in [0, 0.05) is 19.0 Å². The van der Waals surface area contributed by atoms with Gasteiger partial charge in [-0.3, -0.25) is 4.79 Å². The van der Waals surface area contributed by atoms with Gasteiger partial charge in [-0.1, -0.05) is 30.3 Å². The zero-order chi connectivity index (χ0) is 20.0. The lowest BCUT2D eigenvalue weighted by atomic mass is 10.0. The van der Waals surface area contributed by atoms with E-state index in [4.69, 9.17) is 5.11 Å². The van der Waals surface area contributed by atoms with Crippen molar-refractivity contribution in [2.24, 2.45) is 0 Å². The van der Waals surface area contributed by atoms with E-state index in [-0.39, 0.29) is 25.8 Å². The molecule has 1 aromatic carbocycles. The molecule has 0 aromatic heterocycles.